The van der Waals surface area contributed by atoms with Gasteiger partial charge in [-0.1, -0.05) is 56.0 Å². The van der Waals surface area contributed by atoms with Crippen LogP contribution in [0, 0.1) is 17.9 Å². The SMILES string of the molecule is O=C(/C=C(\O)C1CCCC1)C1CCCC1.[Ir].[c-]1cccnc1-c1nnc(-c2ccccc2)nn1. The van der Waals surface area contributed by atoms with Crippen LogP contribution in [0.4, 0.5) is 0 Å². The van der Waals surface area contributed by atoms with Crippen molar-refractivity contribution in [3.05, 3.63) is 66.6 Å². The number of carbonyl (C=O) groups is 1. The molecule has 0 amide bonds. The van der Waals surface area contributed by atoms with Gasteiger partial charge in [-0.25, -0.2) is 0 Å². The first-order valence-corrected chi connectivity index (χ1v) is 11.6. The van der Waals surface area contributed by atoms with Crippen LogP contribution in [0.25, 0.3) is 22.9 Å². The summed E-state index contributed by atoms with van der Waals surface area (Å²) in [6.07, 6.45) is 12.1. The van der Waals surface area contributed by atoms with E-state index in [1.54, 1.807) is 18.3 Å². The van der Waals surface area contributed by atoms with Crippen molar-refractivity contribution < 1.29 is 30.0 Å². The fourth-order valence-electron chi connectivity index (χ4n) is 4.29. The van der Waals surface area contributed by atoms with Crippen LogP contribution < -0.4 is 0 Å². The van der Waals surface area contributed by atoms with Gasteiger partial charge in [0.2, 0.25) is 5.82 Å². The molecule has 3 aromatic rings. The minimum Gasteiger partial charge on any atom is -0.512 e. The molecule has 2 aromatic heterocycles. The summed E-state index contributed by atoms with van der Waals surface area (Å²) in [4.78, 5) is 15.9. The van der Waals surface area contributed by atoms with Crippen molar-refractivity contribution in [1.29, 1.82) is 0 Å². The molecule has 0 bridgehead atoms. The molecule has 5 rings (SSSR count). The Morgan fingerprint density at radius 3 is 2.03 bits per heavy atom. The summed E-state index contributed by atoms with van der Waals surface area (Å²) in [6.45, 7) is 0. The number of aliphatic hydroxyl groups is 1. The number of aliphatic hydroxyl groups excluding tert-OH is 1. The van der Waals surface area contributed by atoms with E-state index in [2.05, 4.69) is 31.4 Å². The summed E-state index contributed by atoms with van der Waals surface area (Å²) in [5, 5.41) is 25.9. The Labute approximate surface area is 213 Å². The number of nitrogens with zero attached hydrogens (tertiary/aromatic N) is 5. The molecule has 0 aliphatic heterocycles. The molecule has 8 heteroatoms. The van der Waals surface area contributed by atoms with Gasteiger partial charge in [-0.3, -0.25) is 9.78 Å². The third kappa shape index (κ3) is 7.08. The largest absolute Gasteiger partial charge is 0.512 e. The molecule has 1 aromatic carbocycles. The molecule has 2 fully saturated rings. The molecule has 2 saturated carbocycles. The number of carbonyl (C=O) groups excluding carboxylic acids is 1. The average molecular weight is 635 g/mol. The van der Waals surface area contributed by atoms with Crippen LogP contribution in [0.15, 0.2) is 60.5 Å². The monoisotopic (exact) mass is 635 g/mol. The molecule has 1 radical (unpaired) electrons. The molecule has 2 heterocycles. The van der Waals surface area contributed by atoms with Gasteiger partial charge in [-0.2, -0.15) is 22.3 Å². The number of aromatic nitrogens is 5. The van der Waals surface area contributed by atoms with E-state index in [0.29, 0.717) is 23.1 Å². The van der Waals surface area contributed by atoms with E-state index in [1.807, 2.05) is 30.3 Å². The molecule has 0 unspecified atom stereocenters. The van der Waals surface area contributed by atoms with Crippen LogP contribution >= 0.6 is 0 Å². The van der Waals surface area contributed by atoms with E-state index < -0.39 is 0 Å². The van der Waals surface area contributed by atoms with Gasteiger partial charge in [0.05, 0.1) is 5.76 Å². The quantitative estimate of drug-likeness (QED) is 0.235. The maximum Gasteiger partial charge on any atom is 0.201 e. The third-order valence-corrected chi connectivity index (χ3v) is 6.15. The van der Waals surface area contributed by atoms with Crippen LogP contribution in [-0.2, 0) is 24.9 Å². The second-order valence-corrected chi connectivity index (χ2v) is 8.48. The second-order valence-electron chi connectivity index (χ2n) is 8.48. The van der Waals surface area contributed by atoms with Crippen LogP contribution in [0.1, 0.15) is 51.4 Å². The number of ketones is 1. The maximum atomic E-state index is 11.8. The number of rotatable bonds is 5. The summed E-state index contributed by atoms with van der Waals surface area (Å²) in [7, 11) is 0. The number of hydrogen-bond acceptors (Lipinski definition) is 7. The molecule has 34 heavy (non-hydrogen) atoms. The zero-order chi connectivity index (χ0) is 22.9. The van der Waals surface area contributed by atoms with Crippen molar-refractivity contribution in [2.75, 3.05) is 0 Å². The van der Waals surface area contributed by atoms with E-state index in [0.717, 1.165) is 31.2 Å². The van der Waals surface area contributed by atoms with E-state index >= 15 is 0 Å². The number of allylic oxidation sites excluding steroid dienone is 2. The summed E-state index contributed by atoms with van der Waals surface area (Å²) in [6, 6.07) is 16.0. The number of hydrogen-bond donors (Lipinski definition) is 1. The zero-order valence-electron chi connectivity index (χ0n) is 18.9. The minimum atomic E-state index is 0. The van der Waals surface area contributed by atoms with Gasteiger partial charge in [-0.15, -0.1) is 16.3 Å². The van der Waals surface area contributed by atoms with Crippen LogP contribution in [0.5, 0.6) is 0 Å². The predicted molar refractivity (Wildman–Crippen MR) is 125 cm³/mol. The molecule has 2 aliphatic rings. The molecule has 0 atom stereocenters. The van der Waals surface area contributed by atoms with Crippen LogP contribution in [0.3, 0.4) is 0 Å². The van der Waals surface area contributed by atoms with Gasteiger partial charge in [0.25, 0.3) is 0 Å². The smallest absolute Gasteiger partial charge is 0.201 e. The Morgan fingerprint density at radius 1 is 0.853 bits per heavy atom. The van der Waals surface area contributed by atoms with Crippen molar-refractivity contribution in [2.45, 2.75) is 51.4 Å². The maximum absolute atomic E-state index is 11.8. The van der Waals surface area contributed by atoms with E-state index in [1.165, 1.54) is 31.8 Å². The average Bonchev–Trinajstić information content (AvgIpc) is 3.61. The number of benzene rings is 1. The van der Waals surface area contributed by atoms with Gasteiger partial charge < -0.3 is 5.11 Å². The van der Waals surface area contributed by atoms with Crippen LogP contribution in [-0.4, -0.2) is 36.3 Å². The normalized spacial score (nSPS) is 16.4. The van der Waals surface area contributed by atoms with Gasteiger partial charge in [0.15, 0.2) is 5.78 Å². The van der Waals surface area contributed by atoms with Gasteiger partial charge in [-0.05, 0) is 37.6 Å². The molecule has 0 saturated heterocycles. The summed E-state index contributed by atoms with van der Waals surface area (Å²) in [5.41, 5.74) is 1.42. The minimum absolute atomic E-state index is 0. The Bertz CT molecular complexity index is 991. The Kier molecular flexibility index (Phi) is 9.98. The molecule has 179 valence electrons. The van der Waals surface area contributed by atoms with Gasteiger partial charge >= 0.3 is 0 Å². The standard InChI is InChI=1S/C13H8N5.C13H20O2.Ir/c1-2-6-10(7-3-1)12-15-17-13(18-16-12)11-8-4-5-9-14-11;14-12(10-5-1-2-6-10)9-13(15)11-7-3-4-8-11;/h1-7,9H;9-11,14H,1-8H2;/q-1;;/b;12-9-;. The molecule has 7 nitrogen and oxygen atoms in total. The zero-order valence-corrected chi connectivity index (χ0v) is 21.3. The van der Waals surface area contributed by atoms with Gasteiger partial charge in [0.1, 0.15) is 5.82 Å². The predicted octanol–water partition coefficient (Wildman–Crippen LogP) is 5.17. The van der Waals surface area contributed by atoms with Crippen molar-refractivity contribution in [2.24, 2.45) is 11.8 Å². The molecule has 2 aliphatic carbocycles. The molecule has 0 spiro atoms. The molecular weight excluding hydrogens is 607 g/mol. The van der Waals surface area contributed by atoms with Gasteiger partial charge in [0, 0.05) is 43.6 Å². The van der Waals surface area contributed by atoms with E-state index in [9.17, 15) is 9.90 Å². The molecule has 1 N–H and O–H groups in total. The first-order valence-electron chi connectivity index (χ1n) is 11.6. The summed E-state index contributed by atoms with van der Waals surface area (Å²) in [5.74, 6) is 1.86. The van der Waals surface area contributed by atoms with E-state index in [-0.39, 0.29) is 37.7 Å². The Balaban J connectivity index is 0.000000188. The summed E-state index contributed by atoms with van der Waals surface area (Å²) >= 11 is 0. The topological polar surface area (TPSA) is 102 Å². The van der Waals surface area contributed by atoms with Crippen molar-refractivity contribution in [3.8, 4) is 22.9 Å². The second kappa shape index (κ2) is 13.2. The van der Waals surface area contributed by atoms with Crippen LogP contribution in [0.2, 0.25) is 0 Å². The first-order chi connectivity index (χ1) is 16.2. The van der Waals surface area contributed by atoms with Crippen molar-refractivity contribution >= 4 is 5.78 Å². The Hall–Kier alpha value is -2.83. The van der Waals surface area contributed by atoms with Crippen molar-refractivity contribution in [1.82, 2.24) is 25.4 Å². The fourth-order valence-corrected chi connectivity index (χ4v) is 4.29. The summed E-state index contributed by atoms with van der Waals surface area (Å²) < 4.78 is 0. The fraction of sp³-hybridized carbons (Fsp3) is 0.385. The first kappa shape index (κ1) is 25.8. The number of pyridine rings is 1. The van der Waals surface area contributed by atoms with Crippen molar-refractivity contribution in [3.63, 3.8) is 0 Å². The van der Waals surface area contributed by atoms with E-state index in [4.69, 9.17) is 0 Å². The third-order valence-electron chi connectivity index (χ3n) is 6.15. The Morgan fingerprint density at radius 2 is 1.44 bits per heavy atom. The molecular formula is C26H28IrN5O2-.